The molecule has 0 aliphatic carbocycles. The monoisotopic (exact) mass is 440 g/mol. The van der Waals surface area contributed by atoms with Crippen LogP contribution in [0, 0.1) is 11.3 Å². The lowest BCUT2D eigenvalue weighted by molar-refractivity contribution is 0.301. The van der Waals surface area contributed by atoms with E-state index < -0.39 is 10.0 Å². The van der Waals surface area contributed by atoms with Crippen LogP contribution in [0.5, 0.6) is 11.5 Å². The zero-order valence-corrected chi connectivity index (χ0v) is 17.1. The predicted octanol–water partition coefficient (Wildman–Crippen LogP) is 2.58. The van der Waals surface area contributed by atoms with E-state index in [1.54, 1.807) is 6.07 Å². The van der Waals surface area contributed by atoms with Crippen molar-refractivity contribution in [3.63, 3.8) is 0 Å². The first-order chi connectivity index (χ1) is 13.3. The van der Waals surface area contributed by atoms with Crippen LogP contribution in [0.4, 0.5) is 0 Å². The zero-order chi connectivity index (χ0) is 20.3. The Kier molecular flexibility index (Phi) is 6.45. The quantitative estimate of drug-likeness (QED) is 0.739. The first-order valence-corrected chi connectivity index (χ1v) is 10.6. The topological polar surface area (TPSA) is 108 Å². The molecule has 148 valence electrons. The highest BCUT2D eigenvalue weighted by Gasteiger charge is 2.32. The smallest absolute Gasteiger partial charge is 0.246 e. The summed E-state index contributed by atoms with van der Waals surface area (Å²) in [7, 11) is -3.91. The maximum absolute atomic E-state index is 13.3. The number of piperazine rings is 1. The highest BCUT2D eigenvalue weighted by atomic mass is 35.5. The third-order valence-electron chi connectivity index (χ3n) is 4.26. The SMILES string of the molecule is N#Cc1ccc(Oc2cc(Cl)cc(Cl)c2)c(S(=O)(=O)N2CCNC(CN)C2)c1. The molecule has 28 heavy (non-hydrogen) atoms. The molecule has 0 amide bonds. The molecule has 1 unspecified atom stereocenters. The highest BCUT2D eigenvalue weighted by molar-refractivity contribution is 7.89. The molecule has 2 aromatic rings. The second kappa shape index (κ2) is 8.66. The Morgan fingerprint density at radius 1 is 1.25 bits per heavy atom. The van der Waals surface area contributed by atoms with Gasteiger partial charge >= 0.3 is 0 Å². The Balaban J connectivity index is 2.02. The number of nitriles is 1. The van der Waals surface area contributed by atoms with Crippen molar-refractivity contribution >= 4 is 33.2 Å². The second-order valence-corrected chi connectivity index (χ2v) is 9.01. The van der Waals surface area contributed by atoms with Gasteiger partial charge in [-0.25, -0.2) is 8.42 Å². The van der Waals surface area contributed by atoms with Crippen molar-refractivity contribution in [3.8, 4) is 17.6 Å². The lowest BCUT2D eigenvalue weighted by Gasteiger charge is -2.32. The van der Waals surface area contributed by atoms with Crippen LogP contribution in [0.3, 0.4) is 0 Å². The van der Waals surface area contributed by atoms with Crippen molar-refractivity contribution in [3.05, 3.63) is 52.0 Å². The predicted molar refractivity (Wildman–Crippen MR) is 107 cm³/mol. The summed E-state index contributed by atoms with van der Waals surface area (Å²) in [5, 5.41) is 13.1. The van der Waals surface area contributed by atoms with Gasteiger partial charge in [0.25, 0.3) is 0 Å². The van der Waals surface area contributed by atoms with E-state index in [0.717, 1.165) is 0 Å². The van der Waals surface area contributed by atoms with Crippen LogP contribution in [0.2, 0.25) is 10.0 Å². The number of hydrogen-bond donors (Lipinski definition) is 2. The number of nitrogens with two attached hydrogens (primary N) is 1. The van der Waals surface area contributed by atoms with Gasteiger partial charge in [0, 0.05) is 42.3 Å². The van der Waals surface area contributed by atoms with E-state index in [0.29, 0.717) is 28.9 Å². The van der Waals surface area contributed by atoms with Crippen LogP contribution >= 0.6 is 23.2 Å². The maximum atomic E-state index is 13.3. The summed E-state index contributed by atoms with van der Waals surface area (Å²) < 4.78 is 33.7. The first-order valence-electron chi connectivity index (χ1n) is 8.45. The number of rotatable bonds is 5. The minimum absolute atomic E-state index is 0.0835. The molecule has 3 rings (SSSR count). The van der Waals surface area contributed by atoms with Gasteiger partial charge in [-0.2, -0.15) is 9.57 Å². The fourth-order valence-corrected chi connectivity index (χ4v) is 5.02. The Morgan fingerprint density at radius 3 is 2.61 bits per heavy atom. The first kappa shape index (κ1) is 20.9. The molecule has 0 spiro atoms. The van der Waals surface area contributed by atoms with E-state index in [1.807, 2.05) is 6.07 Å². The summed E-state index contributed by atoms with van der Waals surface area (Å²) >= 11 is 12.0. The molecule has 7 nitrogen and oxygen atoms in total. The van der Waals surface area contributed by atoms with Gasteiger partial charge in [-0.3, -0.25) is 0 Å². The van der Waals surface area contributed by atoms with Crippen LogP contribution in [0.15, 0.2) is 41.3 Å². The standard InChI is InChI=1S/C18H18Cl2N4O3S/c19-13-6-14(20)8-16(7-13)27-17-2-1-12(9-21)5-18(17)28(25,26)24-4-3-23-15(10-22)11-24/h1-2,5-8,15,23H,3-4,10-11,22H2. The van der Waals surface area contributed by atoms with Gasteiger partial charge in [-0.15, -0.1) is 0 Å². The molecule has 10 heteroatoms. The molecule has 1 aliphatic heterocycles. The summed E-state index contributed by atoms with van der Waals surface area (Å²) in [6.07, 6.45) is 0. The minimum Gasteiger partial charge on any atom is -0.456 e. The Hall–Kier alpha value is -1.86. The number of ether oxygens (including phenoxy) is 1. The minimum atomic E-state index is -3.91. The van der Waals surface area contributed by atoms with Crippen molar-refractivity contribution in [1.29, 1.82) is 5.26 Å². The van der Waals surface area contributed by atoms with Gasteiger partial charge in [0.05, 0.1) is 11.6 Å². The van der Waals surface area contributed by atoms with Crippen LogP contribution in [-0.2, 0) is 10.0 Å². The average molecular weight is 441 g/mol. The maximum Gasteiger partial charge on any atom is 0.246 e. The van der Waals surface area contributed by atoms with Crippen LogP contribution in [0.1, 0.15) is 5.56 Å². The van der Waals surface area contributed by atoms with Crippen LogP contribution in [-0.4, -0.2) is 44.9 Å². The van der Waals surface area contributed by atoms with Crippen LogP contribution in [0.25, 0.3) is 0 Å². The molecule has 0 saturated carbocycles. The molecule has 1 saturated heterocycles. The van der Waals surface area contributed by atoms with E-state index in [1.165, 1.54) is 34.6 Å². The largest absolute Gasteiger partial charge is 0.456 e. The summed E-state index contributed by atoms with van der Waals surface area (Å²) in [6.45, 7) is 1.32. The molecule has 0 radical (unpaired) electrons. The summed E-state index contributed by atoms with van der Waals surface area (Å²) in [6, 6.07) is 10.6. The van der Waals surface area contributed by atoms with E-state index in [-0.39, 0.29) is 35.3 Å². The van der Waals surface area contributed by atoms with Crippen molar-refractivity contribution < 1.29 is 13.2 Å². The van der Waals surface area contributed by atoms with E-state index in [9.17, 15) is 13.7 Å². The van der Waals surface area contributed by atoms with Crippen LogP contribution < -0.4 is 15.8 Å². The number of nitrogens with one attached hydrogen (secondary N) is 1. The van der Waals surface area contributed by atoms with Gasteiger partial charge in [0.15, 0.2) is 0 Å². The van der Waals surface area contributed by atoms with E-state index in [2.05, 4.69) is 5.32 Å². The van der Waals surface area contributed by atoms with Gasteiger partial charge in [-0.1, -0.05) is 23.2 Å². The molecule has 1 fully saturated rings. The summed E-state index contributed by atoms with van der Waals surface area (Å²) in [5.74, 6) is 0.374. The Labute approximate surface area is 173 Å². The normalized spacial score (nSPS) is 17.9. The molecule has 0 aromatic heterocycles. The lowest BCUT2D eigenvalue weighted by atomic mass is 10.2. The summed E-state index contributed by atoms with van der Waals surface area (Å²) in [4.78, 5) is -0.0969. The van der Waals surface area contributed by atoms with Crippen molar-refractivity contribution in [1.82, 2.24) is 9.62 Å². The molecule has 1 atom stereocenters. The van der Waals surface area contributed by atoms with Crippen molar-refractivity contribution in [2.24, 2.45) is 5.73 Å². The van der Waals surface area contributed by atoms with Crippen molar-refractivity contribution in [2.45, 2.75) is 10.9 Å². The van der Waals surface area contributed by atoms with E-state index in [4.69, 9.17) is 33.7 Å². The third-order valence-corrected chi connectivity index (χ3v) is 6.58. The van der Waals surface area contributed by atoms with Gasteiger partial charge in [0.2, 0.25) is 10.0 Å². The van der Waals surface area contributed by atoms with Gasteiger partial charge in [0.1, 0.15) is 16.4 Å². The van der Waals surface area contributed by atoms with Crippen molar-refractivity contribution in [2.75, 3.05) is 26.2 Å². The number of nitrogens with zero attached hydrogens (tertiary/aromatic N) is 2. The molecular weight excluding hydrogens is 423 g/mol. The van der Waals surface area contributed by atoms with Gasteiger partial charge in [-0.05, 0) is 36.4 Å². The Bertz CT molecular complexity index is 1000. The Morgan fingerprint density at radius 2 is 1.96 bits per heavy atom. The van der Waals surface area contributed by atoms with Gasteiger partial charge < -0.3 is 15.8 Å². The molecule has 3 N–H and O–H groups in total. The molecule has 0 bridgehead atoms. The number of benzene rings is 2. The zero-order valence-electron chi connectivity index (χ0n) is 14.7. The number of sulfonamides is 1. The molecular formula is C18H18Cl2N4O3S. The average Bonchev–Trinajstić information content (AvgIpc) is 2.67. The van der Waals surface area contributed by atoms with E-state index >= 15 is 0 Å². The molecule has 1 aliphatic rings. The highest BCUT2D eigenvalue weighted by Crippen LogP contribution is 2.34. The molecule has 2 aromatic carbocycles. The molecule has 1 heterocycles. The summed E-state index contributed by atoms with van der Waals surface area (Å²) in [5.41, 5.74) is 5.89. The fraction of sp³-hybridized carbons (Fsp3) is 0.278. The fourth-order valence-electron chi connectivity index (χ4n) is 2.89. The third kappa shape index (κ3) is 4.58. The number of halogens is 2. The number of hydrogen-bond acceptors (Lipinski definition) is 6. The lowest BCUT2D eigenvalue weighted by Crippen LogP contribution is -2.55. The second-order valence-electron chi connectivity index (χ2n) is 6.23.